The first-order valence-corrected chi connectivity index (χ1v) is 30.5. The zero-order chi connectivity index (χ0) is 55.2. The van der Waals surface area contributed by atoms with Gasteiger partial charge in [0.05, 0.1) is 107 Å². The number of carboxylic acids is 2. The highest BCUT2D eigenvalue weighted by Crippen LogP contribution is 2.38. The summed E-state index contributed by atoms with van der Waals surface area (Å²) in [6.45, 7) is 11.5. The molecule has 12 aliphatic rings. The Morgan fingerprint density at radius 1 is 0.377 bits per heavy atom. The zero-order valence-electron chi connectivity index (χ0n) is 44.2. The lowest BCUT2D eigenvalue weighted by Gasteiger charge is -2.14. The van der Waals surface area contributed by atoms with Crippen molar-refractivity contribution in [3.63, 3.8) is 0 Å². The number of fused-ring (bicyclic) bond motifs is 6. The first-order chi connectivity index (χ1) is 37.2. The summed E-state index contributed by atoms with van der Waals surface area (Å²) < 4.78 is 64.0. The van der Waals surface area contributed by atoms with E-state index in [4.69, 9.17) is 72.3 Å². The number of nitrogens with zero attached hydrogens (tertiary/aromatic N) is 1. The summed E-state index contributed by atoms with van der Waals surface area (Å²) in [5.41, 5.74) is 0. The zero-order valence-corrected chi connectivity index (χ0v) is 46.6. The Kier molecular flexibility index (Phi) is 25.9. The lowest BCUT2D eigenvalue weighted by molar-refractivity contribution is -0.146. The number of hydrogen-bond donors (Lipinski definition) is 8. The number of rotatable bonds is 14. The Labute approximate surface area is 463 Å². The van der Waals surface area contributed by atoms with E-state index < -0.39 is 84.8 Å². The molecule has 0 amide bonds. The number of hydrogen-bond acceptors (Lipinski definition) is 24. The molecule has 26 heteroatoms. The standard InChI is InChI=1S/3C10H18O3S.C7H9NO3.2C7H10O5/c3*1-2-3-4-14-8-6-13-9-7(11)5-12-10(8)9;8-1-4-2-10-7-5(9)3-11-6(4)7;2*8-4-2-12-5-3(7(9)10)1-11-6(4)5/h3*7-11H,2-6H2,1H3;4-7,9H,2-3H2;2*3-6,8H,1-2H2,(H,9,10)/t7-,8?,9+,10+;7-,8?,9-,10-;7-,8-,9-,10-;4-,5+,6-,7-;3-,4+,5+,6+;3-,4+,5-,6-/m011101/s1. The second-order valence-corrected chi connectivity index (χ2v) is 24.9. The molecule has 0 aromatic heterocycles. The number of aliphatic hydroxyl groups is 6. The van der Waals surface area contributed by atoms with E-state index in [9.17, 15) is 40.2 Å². The molecule has 12 aliphatic heterocycles. The number of unbranched alkanes of at least 4 members (excludes halogenated alkanes) is 3. The van der Waals surface area contributed by atoms with Crippen LogP contribution in [0.1, 0.15) is 59.3 Å². The molecule has 0 bridgehead atoms. The number of carbonyl (C=O) groups is 2. The number of aliphatic carboxylic acids is 2. The number of carboxylic acid groups (broad SMARTS) is 2. The molecule has 12 rings (SSSR count). The van der Waals surface area contributed by atoms with Crippen molar-refractivity contribution in [2.45, 2.75) is 185 Å². The van der Waals surface area contributed by atoms with Gasteiger partial charge in [0.15, 0.2) is 0 Å². The monoisotopic (exact) mass is 1160 g/mol. The molecule has 0 aromatic carbocycles. The van der Waals surface area contributed by atoms with Crippen molar-refractivity contribution >= 4 is 47.2 Å². The molecule has 442 valence electrons. The highest BCUT2D eigenvalue weighted by Gasteiger charge is 2.53. The number of thioether (sulfide) groups is 3. The lowest BCUT2D eigenvalue weighted by Crippen LogP contribution is -2.31. The number of ether oxygens (including phenoxy) is 12. The molecular formula is C51H83NO22S3. The van der Waals surface area contributed by atoms with Crippen molar-refractivity contribution < 1.29 is 107 Å². The number of nitriles is 1. The fourth-order valence-corrected chi connectivity index (χ4v) is 14.9. The second kappa shape index (κ2) is 31.4. The minimum absolute atomic E-state index is 0.0610. The summed E-state index contributed by atoms with van der Waals surface area (Å²) in [5.74, 6) is 0.248. The topological polar surface area (TPSA) is 331 Å². The van der Waals surface area contributed by atoms with Crippen LogP contribution in [0.15, 0.2) is 0 Å². The smallest absolute Gasteiger partial charge is 0.311 e. The van der Waals surface area contributed by atoms with E-state index in [-0.39, 0.29) is 81.2 Å². The minimum atomic E-state index is -0.920. The van der Waals surface area contributed by atoms with Crippen LogP contribution >= 0.6 is 35.3 Å². The van der Waals surface area contributed by atoms with Crippen LogP contribution in [0.5, 0.6) is 0 Å². The molecule has 12 saturated heterocycles. The molecule has 0 aromatic rings. The Bertz CT molecular complexity index is 1690. The summed E-state index contributed by atoms with van der Waals surface area (Å²) in [4.78, 5) is 21.2. The van der Waals surface area contributed by atoms with Gasteiger partial charge in [0.2, 0.25) is 0 Å². The first-order valence-electron chi connectivity index (χ1n) is 27.4. The van der Waals surface area contributed by atoms with Crippen LogP contribution in [0.3, 0.4) is 0 Å². The van der Waals surface area contributed by atoms with Gasteiger partial charge in [-0.3, -0.25) is 9.59 Å². The minimum Gasteiger partial charge on any atom is -0.481 e. The van der Waals surface area contributed by atoms with Gasteiger partial charge in [-0.25, -0.2) is 0 Å². The van der Waals surface area contributed by atoms with Crippen molar-refractivity contribution in [1.82, 2.24) is 0 Å². The van der Waals surface area contributed by atoms with Crippen LogP contribution in [0.25, 0.3) is 0 Å². The summed E-state index contributed by atoms with van der Waals surface area (Å²) in [7, 11) is 0. The average molecular weight is 1160 g/mol. The van der Waals surface area contributed by atoms with Crippen molar-refractivity contribution in [2.24, 2.45) is 17.8 Å². The van der Waals surface area contributed by atoms with Gasteiger partial charge in [0, 0.05) is 0 Å². The summed E-state index contributed by atoms with van der Waals surface area (Å²) in [6, 6.07) is 2.09. The highest BCUT2D eigenvalue weighted by molar-refractivity contribution is 8.00. The third-order valence-electron chi connectivity index (χ3n) is 15.3. The third kappa shape index (κ3) is 16.3. The molecule has 23 nitrogen and oxygen atoms in total. The van der Waals surface area contributed by atoms with Crippen molar-refractivity contribution in [3.05, 3.63) is 0 Å². The number of aliphatic hydroxyl groups excluding tert-OH is 6. The van der Waals surface area contributed by atoms with Crippen molar-refractivity contribution in [3.8, 4) is 6.07 Å². The van der Waals surface area contributed by atoms with Crippen LogP contribution < -0.4 is 0 Å². The van der Waals surface area contributed by atoms with Gasteiger partial charge >= 0.3 is 11.9 Å². The summed E-state index contributed by atoms with van der Waals surface area (Å²) >= 11 is 5.78. The van der Waals surface area contributed by atoms with Gasteiger partial charge in [0.1, 0.15) is 122 Å². The molecule has 2 unspecified atom stereocenters. The molecule has 12 fully saturated rings. The maximum absolute atomic E-state index is 10.6. The van der Waals surface area contributed by atoms with Gasteiger partial charge < -0.3 is 97.7 Å². The fraction of sp³-hybridized carbons (Fsp3) is 0.941. The first kappa shape index (κ1) is 63.3. The Morgan fingerprint density at radius 2 is 0.623 bits per heavy atom. The molecule has 0 aliphatic carbocycles. The fourth-order valence-electron chi connectivity index (χ4n) is 10.9. The van der Waals surface area contributed by atoms with Crippen molar-refractivity contribution in [1.29, 1.82) is 5.26 Å². The molecule has 0 spiro atoms. The molecule has 24 atom stereocenters. The lowest BCUT2D eigenvalue weighted by atomic mass is 10.0. The second-order valence-electron chi connectivity index (χ2n) is 20.9. The summed E-state index contributed by atoms with van der Waals surface area (Å²) in [5, 5.41) is 83.7. The quantitative estimate of drug-likeness (QED) is 0.107. The Morgan fingerprint density at radius 3 is 0.922 bits per heavy atom. The van der Waals surface area contributed by atoms with Crippen LogP contribution in [0.4, 0.5) is 0 Å². The van der Waals surface area contributed by atoms with Gasteiger partial charge in [-0.05, 0) is 36.5 Å². The largest absolute Gasteiger partial charge is 0.481 e. The van der Waals surface area contributed by atoms with E-state index in [1.807, 2.05) is 35.3 Å². The van der Waals surface area contributed by atoms with E-state index in [2.05, 4.69) is 26.8 Å². The maximum atomic E-state index is 10.6. The van der Waals surface area contributed by atoms with Crippen LogP contribution in [-0.2, 0) is 66.4 Å². The van der Waals surface area contributed by atoms with Gasteiger partial charge in [-0.2, -0.15) is 40.5 Å². The van der Waals surface area contributed by atoms with E-state index in [0.717, 1.165) is 19.8 Å². The molecule has 77 heavy (non-hydrogen) atoms. The Balaban J connectivity index is 0.000000134. The average Bonchev–Trinajstić information content (AvgIpc) is 4.25. The van der Waals surface area contributed by atoms with Crippen LogP contribution in [0, 0.1) is 29.1 Å². The molecule has 0 saturated carbocycles. The van der Waals surface area contributed by atoms with E-state index in [0.29, 0.717) is 48.8 Å². The molecular weight excluding hydrogens is 1070 g/mol. The summed E-state index contributed by atoms with van der Waals surface area (Å²) in [6.07, 6.45) is 2.31. The van der Waals surface area contributed by atoms with Crippen molar-refractivity contribution in [2.75, 3.05) is 96.5 Å². The molecule has 8 N–H and O–H groups in total. The highest BCUT2D eigenvalue weighted by atomic mass is 32.2. The van der Waals surface area contributed by atoms with E-state index in [1.165, 1.54) is 55.8 Å². The molecule has 0 radical (unpaired) electrons. The van der Waals surface area contributed by atoms with Crippen LogP contribution in [0.2, 0.25) is 0 Å². The van der Waals surface area contributed by atoms with E-state index in [1.54, 1.807) is 0 Å². The van der Waals surface area contributed by atoms with Gasteiger partial charge in [-0.15, -0.1) is 0 Å². The predicted octanol–water partition coefficient (Wildman–Crippen LogP) is 0.116. The third-order valence-corrected chi connectivity index (χ3v) is 19.4. The SMILES string of the molecule is CCCCSC1CO[C@@H]2[C@H](O)CO[C@H]12.CCCCSC1CO[C@H]2[C@@H]1OC[C@@H]2O.CCCCS[C@@H]1CO[C@H]2[C@@H]1OC[C@H]2O.N#C[C@@H]1CO[C@H]2[C@@H]1OC[C@@H]2O.O=C(O)[C@@H]1CO[C@H]2[C@@H]1OC[C@@H]2O.O=C(O)[C@H]1CO[C@H]2[C@@H]1OC[C@H]2O. The van der Waals surface area contributed by atoms with E-state index >= 15 is 0 Å². The predicted molar refractivity (Wildman–Crippen MR) is 278 cm³/mol. The van der Waals surface area contributed by atoms with Gasteiger partial charge in [-0.1, -0.05) is 40.0 Å². The Hall–Kier alpha value is -1.24. The maximum Gasteiger partial charge on any atom is 0.311 e. The molecule has 12 heterocycles. The normalized spacial score (nSPS) is 44.0. The van der Waals surface area contributed by atoms with Gasteiger partial charge in [0.25, 0.3) is 0 Å². The van der Waals surface area contributed by atoms with Crippen LogP contribution in [-0.4, -0.2) is 275 Å².